The lowest BCUT2D eigenvalue weighted by Crippen LogP contribution is -2.46. The Morgan fingerprint density at radius 2 is 1.87 bits per heavy atom. The van der Waals surface area contributed by atoms with Gasteiger partial charge in [0.15, 0.2) is 0 Å². The summed E-state index contributed by atoms with van der Waals surface area (Å²) in [5.41, 5.74) is 1.52. The lowest BCUT2D eigenvalue weighted by molar-refractivity contribution is -0.131. The zero-order valence-electron chi connectivity index (χ0n) is 17.4. The third kappa shape index (κ3) is 5.28. The van der Waals surface area contributed by atoms with Crippen LogP contribution in [0.2, 0.25) is 0 Å². The Kier molecular flexibility index (Phi) is 6.62. The second-order valence-electron chi connectivity index (χ2n) is 7.57. The summed E-state index contributed by atoms with van der Waals surface area (Å²) in [4.78, 5) is 26.1. The summed E-state index contributed by atoms with van der Waals surface area (Å²) in [5.74, 6) is 0.264. The summed E-state index contributed by atoms with van der Waals surface area (Å²) in [7, 11) is -2.03. The molecular formula is C21H27N3O5S. The second-order valence-corrected chi connectivity index (χ2v) is 9.34. The van der Waals surface area contributed by atoms with Crippen LogP contribution < -0.4 is 15.0 Å². The molecule has 1 aromatic heterocycles. The highest BCUT2D eigenvalue weighted by atomic mass is 32.2. The zero-order chi connectivity index (χ0) is 21.9. The van der Waals surface area contributed by atoms with Gasteiger partial charge in [0.2, 0.25) is 15.9 Å². The summed E-state index contributed by atoms with van der Waals surface area (Å²) in [6, 6.07) is 9.82. The highest BCUT2D eigenvalue weighted by molar-refractivity contribution is 7.89. The second kappa shape index (κ2) is 9.01. The molecule has 0 aliphatic carbocycles. The van der Waals surface area contributed by atoms with E-state index in [9.17, 15) is 18.0 Å². The van der Waals surface area contributed by atoms with E-state index in [4.69, 9.17) is 4.74 Å². The quantitative estimate of drug-likeness (QED) is 0.742. The van der Waals surface area contributed by atoms with E-state index >= 15 is 0 Å². The van der Waals surface area contributed by atoms with Gasteiger partial charge < -0.3 is 14.2 Å². The van der Waals surface area contributed by atoms with E-state index in [1.807, 2.05) is 26.0 Å². The van der Waals surface area contributed by atoms with Crippen molar-refractivity contribution >= 4 is 15.9 Å². The fourth-order valence-corrected chi connectivity index (χ4v) is 4.43. The molecule has 0 atom stereocenters. The topological polar surface area (TPSA) is 97.7 Å². The molecule has 1 fully saturated rings. The fraction of sp³-hybridized carbons (Fsp3) is 0.429. The number of piperidine rings is 1. The lowest BCUT2D eigenvalue weighted by Gasteiger charge is -2.32. The third-order valence-electron chi connectivity index (χ3n) is 5.29. The van der Waals surface area contributed by atoms with Gasteiger partial charge in [0.25, 0.3) is 5.56 Å². The van der Waals surface area contributed by atoms with Crippen molar-refractivity contribution in [1.29, 1.82) is 0 Å². The average Bonchev–Trinajstić information content (AvgIpc) is 2.71. The van der Waals surface area contributed by atoms with Crippen LogP contribution >= 0.6 is 0 Å². The van der Waals surface area contributed by atoms with E-state index < -0.39 is 10.0 Å². The van der Waals surface area contributed by atoms with E-state index in [1.54, 1.807) is 28.6 Å². The summed E-state index contributed by atoms with van der Waals surface area (Å²) in [6.45, 7) is 4.31. The van der Waals surface area contributed by atoms with Crippen molar-refractivity contribution in [3.8, 4) is 5.75 Å². The van der Waals surface area contributed by atoms with E-state index in [0.717, 1.165) is 11.3 Å². The number of sulfonamides is 1. The van der Waals surface area contributed by atoms with Crippen molar-refractivity contribution in [1.82, 2.24) is 14.2 Å². The molecular weight excluding hydrogens is 406 g/mol. The molecule has 1 N–H and O–H groups in total. The monoisotopic (exact) mass is 433 g/mol. The number of amides is 1. The summed E-state index contributed by atoms with van der Waals surface area (Å²) in [5, 5.41) is 0. The summed E-state index contributed by atoms with van der Waals surface area (Å²) < 4.78 is 34.6. The first kappa shape index (κ1) is 22.0. The predicted molar refractivity (Wildman–Crippen MR) is 113 cm³/mol. The highest BCUT2D eigenvalue weighted by Gasteiger charge is 2.25. The number of rotatable bonds is 6. The molecule has 0 saturated carbocycles. The van der Waals surface area contributed by atoms with Crippen molar-refractivity contribution < 1.29 is 17.9 Å². The number of likely N-dealkylation sites (tertiary alicyclic amines) is 1. The van der Waals surface area contributed by atoms with Crippen molar-refractivity contribution in [2.24, 2.45) is 7.05 Å². The van der Waals surface area contributed by atoms with E-state index in [0.29, 0.717) is 31.7 Å². The number of nitrogens with zero attached hydrogens (tertiary/aromatic N) is 2. The summed E-state index contributed by atoms with van der Waals surface area (Å²) in [6.07, 6.45) is 1.14. The predicted octanol–water partition coefficient (Wildman–Crippen LogP) is 1.35. The van der Waals surface area contributed by atoms with E-state index in [1.165, 1.54) is 12.1 Å². The minimum Gasteiger partial charge on any atom is -0.490 e. The molecule has 1 aliphatic heterocycles. The number of carbonyl (C=O) groups is 1. The number of benzene rings is 1. The van der Waals surface area contributed by atoms with Crippen LogP contribution in [0.15, 0.2) is 46.1 Å². The number of aryl methyl sites for hydroxylation is 2. The Hall–Kier alpha value is -2.65. The van der Waals surface area contributed by atoms with Gasteiger partial charge in [-0.1, -0.05) is 12.1 Å². The van der Waals surface area contributed by atoms with Gasteiger partial charge in [-0.3, -0.25) is 9.59 Å². The maximum absolute atomic E-state index is 12.4. The van der Waals surface area contributed by atoms with Crippen LogP contribution in [0.3, 0.4) is 0 Å². The molecule has 1 aromatic carbocycles. The third-order valence-corrected chi connectivity index (χ3v) is 6.69. The molecule has 1 aliphatic rings. The lowest BCUT2D eigenvalue weighted by atomic mass is 10.1. The Bertz CT molecular complexity index is 1090. The van der Waals surface area contributed by atoms with E-state index in [2.05, 4.69) is 4.72 Å². The summed E-state index contributed by atoms with van der Waals surface area (Å²) >= 11 is 0. The SMILES string of the molecule is Cc1cccc(S(=O)(=O)NCC(=O)N2CCC(Oc3cc(C)n(C)c(=O)c3)CC2)c1. The minimum atomic E-state index is -3.73. The molecule has 2 aromatic rings. The van der Waals surface area contributed by atoms with Crippen molar-refractivity contribution in [2.45, 2.75) is 37.7 Å². The Morgan fingerprint density at radius 1 is 1.17 bits per heavy atom. The molecule has 0 spiro atoms. The van der Waals surface area contributed by atoms with Gasteiger partial charge in [-0.25, -0.2) is 13.1 Å². The molecule has 0 bridgehead atoms. The highest BCUT2D eigenvalue weighted by Crippen LogP contribution is 2.19. The largest absolute Gasteiger partial charge is 0.490 e. The molecule has 8 nitrogen and oxygen atoms in total. The molecule has 0 unspecified atom stereocenters. The maximum Gasteiger partial charge on any atom is 0.254 e. The number of nitrogens with one attached hydrogen (secondary N) is 1. The minimum absolute atomic E-state index is 0.0930. The standard InChI is InChI=1S/C21H27N3O5S/c1-15-5-4-6-19(11-15)30(27,28)22-14-21(26)24-9-7-17(8-10-24)29-18-12-16(2)23(3)20(25)13-18/h4-6,11-13,17,22H,7-10,14H2,1-3H3. The van der Waals surface area contributed by atoms with Gasteiger partial charge in [0.1, 0.15) is 11.9 Å². The molecule has 30 heavy (non-hydrogen) atoms. The number of pyridine rings is 1. The normalized spacial score (nSPS) is 15.2. The Labute approximate surface area is 176 Å². The Balaban J connectivity index is 1.51. The fourth-order valence-electron chi connectivity index (χ4n) is 3.35. The van der Waals surface area contributed by atoms with Gasteiger partial charge in [-0.05, 0) is 37.6 Å². The maximum atomic E-state index is 12.4. The molecule has 9 heteroatoms. The molecule has 1 saturated heterocycles. The van der Waals surface area contributed by atoms with Gasteiger partial charge in [0, 0.05) is 44.7 Å². The first-order valence-corrected chi connectivity index (χ1v) is 11.3. The van der Waals surface area contributed by atoms with Crippen LogP contribution in [0.4, 0.5) is 0 Å². The molecule has 3 rings (SSSR count). The van der Waals surface area contributed by atoms with Crippen LogP contribution in [0.5, 0.6) is 5.75 Å². The average molecular weight is 434 g/mol. The number of carbonyl (C=O) groups excluding carboxylic acids is 1. The Morgan fingerprint density at radius 3 is 2.50 bits per heavy atom. The van der Waals surface area contributed by atoms with Gasteiger partial charge in [-0.2, -0.15) is 0 Å². The zero-order valence-corrected chi connectivity index (χ0v) is 18.2. The van der Waals surface area contributed by atoms with Crippen LogP contribution in [0.25, 0.3) is 0 Å². The van der Waals surface area contributed by atoms with Crippen molar-refractivity contribution in [3.05, 3.63) is 58.0 Å². The van der Waals surface area contributed by atoms with Crippen molar-refractivity contribution in [2.75, 3.05) is 19.6 Å². The van der Waals surface area contributed by atoms with Gasteiger partial charge >= 0.3 is 0 Å². The smallest absolute Gasteiger partial charge is 0.254 e. The molecule has 162 valence electrons. The van der Waals surface area contributed by atoms with Crippen LogP contribution in [0.1, 0.15) is 24.1 Å². The first-order valence-electron chi connectivity index (χ1n) is 9.84. The van der Waals surface area contributed by atoms with Crippen LogP contribution in [0, 0.1) is 13.8 Å². The van der Waals surface area contributed by atoms with Crippen LogP contribution in [-0.2, 0) is 21.9 Å². The first-order chi connectivity index (χ1) is 14.2. The molecule has 1 amide bonds. The van der Waals surface area contributed by atoms with Crippen molar-refractivity contribution in [3.63, 3.8) is 0 Å². The van der Waals surface area contributed by atoms with Crippen LogP contribution in [-0.4, -0.2) is 49.5 Å². The van der Waals surface area contributed by atoms with E-state index in [-0.39, 0.29) is 29.0 Å². The number of aromatic nitrogens is 1. The number of hydrogen-bond donors (Lipinski definition) is 1. The molecule has 0 radical (unpaired) electrons. The van der Waals surface area contributed by atoms with Gasteiger partial charge in [-0.15, -0.1) is 0 Å². The molecule has 2 heterocycles. The number of ether oxygens (including phenoxy) is 1. The number of hydrogen-bond acceptors (Lipinski definition) is 5. The van der Waals surface area contributed by atoms with Gasteiger partial charge in [0.05, 0.1) is 11.4 Å².